The number of benzene rings is 2. The molecule has 0 aliphatic carbocycles. The van der Waals surface area contributed by atoms with Gasteiger partial charge in [0.25, 0.3) is 5.91 Å². The molecule has 10 nitrogen and oxygen atoms in total. The van der Waals surface area contributed by atoms with E-state index < -0.39 is 48.2 Å². The Kier molecular flexibility index (Phi) is 10.5. The fraction of sp³-hybridized carbons (Fsp3) is 0.407. The Hall–Kier alpha value is -3.92. The van der Waals surface area contributed by atoms with Crippen molar-refractivity contribution in [1.29, 1.82) is 0 Å². The van der Waals surface area contributed by atoms with Gasteiger partial charge in [0.2, 0.25) is 17.7 Å². The average Bonchev–Trinajstić information content (AvgIpc) is 2.89. The van der Waals surface area contributed by atoms with Crippen LogP contribution in [0.3, 0.4) is 0 Å². The van der Waals surface area contributed by atoms with Gasteiger partial charge in [0.15, 0.2) is 0 Å². The summed E-state index contributed by atoms with van der Waals surface area (Å²) in [4.78, 5) is 51.4. The fourth-order valence-corrected chi connectivity index (χ4v) is 3.90. The molecule has 0 fully saturated rings. The smallest absolute Gasteiger partial charge is 0.255 e. The zero-order valence-electron chi connectivity index (χ0n) is 20.9. The average molecular weight is 511 g/mol. The highest BCUT2D eigenvalue weighted by Gasteiger charge is 2.30. The van der Waals surface area contributed by atoms with Gasteiger partial charge in [-0.1, -0.05) is 42.5 Å². The van der Waals surface area contributed by atoms with Crippen molar-refractivity contribution in [3.05, 3.63) is 65.7 Å². The third kappa shape index (κ3) is 8.60. The first-order chi connectivity index (χ1) is 17.8. The van der Waals surface area contributed by atoms with Crippen molar-refractivity contribution >= 4 is 23.6 Å². The summed E-state index contributed by atoms with van der Waals surface area (Å²) in [6.07, 6.45) is 0.282. The second-order valence-electron chi connectivity index (χ2n) is 8.89. The summed E-state index contributed by atoms with van der Waals surface area (Å²) in [7, 11) is 0. The van der Waals surface area contributed by atoms with Gasteiger partial charge < -0.3 is 31.1 Å². The number of aryl methyl sites for hydroxylation is 1. The minimum absolute atomic E-state index is 0.224. The molecule has 1 aliphatic rings. The van der Waals surface area contributed by atoms with Gasteiger partial charge in [-0.2, -0.15) is 0 Å². The molecule has 4 amide bonds. The predicted molar refractivity (Wildman–Crippen MR) is 137 cm³/mol. The Bertz CT molecular complexity index is 1080. The van der Waals surface area contributed by atoms with Crippen molar-refractivity contribution < 1.29 is 29.0 Å². The van der Waals surface area contributed by atoms with Gasteiger partial charge in [-0.25, -0.2) is 0 Å². The number of amides is 4. The lowest BCUT2D eigenvalue weighted by Gasteiger charge is -2.23. The van der Waals surface area contributed by atoms with Gasteiger partial charge >= 0.3 is 0 Å². The highest BCUT2D eigenvalue weighted by molar-refractivity contribution is 6.01. The van der Waals surface area contributed by atoms with Crippen LogP contribution >= 0.6 is 0 Å². The lowest BCUT2D eigenvalue weighted by molar-refractivity contribution is -0.133. The number of fused-ring (bicyclic) bond motifs is 1. The van der Waals surface area contributed by atoms with E-state index in [4.69, 9.17) is 4.74 Å². The van der Waals surface area contributed by atoms with Crippen LogP contribution < -0.4 is 26.0 Å². The first-order valence-electron chi connectivity index (χ1n) is 12.4. The van der Waals surface area contributed by atoms with Gasteiger partial charge in [0, 0.05) is 13.1 Å². The van der Waals surface area contributed by atoms with Crippen LogP contribution in [0.2, 0.25) is 0 Å². The second-order valence-corrected chi connectivity index (χ2v) is 8.89. The zero-order chi connectivity index (χ0) is 26.6. The van der Waals surface area contributed by atoms with Gasteiger partial charge in [0.1, 0.15) is 17.8 Å². The number of hydrogen-bond acceptors (Lipinski definition) is 6. The van der Waals surface area contributed by atoms with Gasteiger partial charge in [-0.05, 0) is 43.9 Å². The number of aliphatic hydroxyl groups excluding tert-OH is 1. The molecule has 2 aromatic rings. The van der Waals surface area contributed by atoms with E-state index in [9.17, 15) is 24.3 Å². The number of carbonyl (C=O) groups excluding carboxylic acids is 4. The summed E-state index contributed by atoms with van der Waals surface area (Å²) in [6.45, 7) is 2.21. The van der Waals surface area contributed by atoms with Gasteiger partial charge in [-0.3, -0.25) is 19.2 Å². The van der Waals surface area contributed by atoms with Gasteiger partial charge in [0.05, 0.1) is 24.7 Å². The number of rotatable bonds is 6. The minimum atomic E-state index is -1.21. The van der Waals surface area contributed by atoms with Crippen molar-refractivity contribution in [2.75, 3.05) is 19.7 Å². The summed E-state index contributed by atoms with van der Waals surface area (Å²) in [5, 5.41) is 20.6. The van der Waals surface area contributed by atoms with Gasteiger partial charge in [-0.15, -0.1) is 0 Å². The third-order valence-electron chi connectivity index (χ3n) is 5.89. The molecule has 1 aliphatic heterocycles. The third-order valence-corrected chi connectivity index (χ3v) is 5.89. The second kappa shape index (κ2) is 14.0. The molecule has 2 aromatic carbocycles. The van der Waals surface area contributed by atoms with Crippen molar-refractivity contribution in [2.24, 2.45) is 0 Å². The number of hydrogen-bond donors (Lipinski definition) is 5. The summed E-state index contributed by atoms with van der Waals surface area (Å²) >= 11 is 0. The number of ether oxygens (including phenoxy) is 1. The molecule has 5 N–H and O–H groups in total. The summed E-state index contributed by atoms with van der Waals surface area (Å²) in [6, 6.07) is 14.0. The standard InChI is InChI=1S/C27H34N4O6/c1-18(32)24-27(36)29-15-8-16-37-22-13-6-5-12-20(22)25(34)30-21(17-23(33)31-24)26(35)28-14-7-11-19-9-3-2-4-10-19/h2-6,9-10,12-13,18,21,24,32H,7-8,11,14-17H2,1H3,(H,28,35)(H,29,36)(H,30,34)(H,31,33)/t18-,21+,24+/m1/s1. The number of aliphatic hydroxyl groups is 1. The van der Waals surface area contributed by atoms with Crippen molar-refractivity contribution in [3.8, 4) is 5.75 Å². The van der Waals surface area contributed by atoms with Crippen LogP contribution in [-0.4, -0.2) is 66.6 Å². The molecule has 1 heterocycles. The van der Waals surface area contributed by atoms with E-state index in [-0.39, 0.29) is 18.7 Å². The highest BCUT2D eigenvalue weighted by Crippen LogP contribution is 2.18. The number of nitrogens with one attached hydrogen (secondary N) is 4. The van der Waals surface area contributed by atoms with Crippen LogP contribution in [0.15, 0.2) is 54.6 Å². The molecular formula is C27H34N4O6. The Labute approximate surface area is 216 Å². The molecule has 0 unspecified atom stereocenters. The van der Waals surface area contributed by atoms with E-state index in [0.29, 0.717) is 25.1 Å². The SMILES string of the molecule is C[C@@H](O)[C@@H]1NC(=O)C[C@@H](C(=O)NCCCc2ccccc2)NC(=O)c2ccccc2OCCCNC1=O. The molecule has 0 bridgehead atoms. The summed E-state index contributed by atoms with van der Waals surface area (Å²) < 4.78 is 5.74. The van der Waals surface area contributed by atoms with E-state index in [1.54, 1.807) is 24.3 Å². The molecule has 0 saturated carbocycles. The van der Waals surface area contributed by atoms with Crippen LogP contribution in [0.25, 0.3) is 0 Å². The molecule has 3 atom stereocenters. The van der Waals surface area contributed by atoms with Crippen molar-refractivity contribution in [1.82, 2.24) is 21.3 Å². The Morgan fingerprint density at radius 3 is 2.57 bits per heavy atom. The van der Waals surface area contributed by atoms with E-state index in [2.05, 4.69) is 21.3 Å². The minimum Gasteiger partial charge on any atom is -0.493 e. The molecule has 0 saturated heterocycles. The lowest BCUT2D eigenvalue weighted by Crippen LogP contribution is -2.55. The normalized spacial score (nSPS) is 20.0. The van der Waals surface area contributed by atoms with Crippen LogP contribution in [0.1, 0.15) is 42.1 Å². The monoisotopic (exact) mass is 510 g/mol. The van der Waals surface area contributed by atoms with Crippen molar-refractivity contribution in [2.45, 2.75) is 50.8 Å². The Balaban J connectivity index is 1.74. The number of para-hydroxylation sites is 1. The summed E-state index contributed by atoms with van der Waals surface area (Å²) in [5.41, 5.74) is 1.36. The molecule has 0 aromatic heterocycles. The first-order valence-corrected chi connectivity index (χ1v) is 12.4. The highest BCUT2D eigenvalue weighted by atomic mass is 16.5. The maximum atomic E-state index is 13.1. The van der Waals surface area contributed by atoms with E-state index in [1.807, 2.05) is 30.3 Å². The predicted octanol–water partition coefficient (Wildman–Crippen LogP) is 0.688. The molecule has 10 heteroatoms. The molecular weight excluding hydrogens is 476 g/mol. The van der Waals surface area contributed by atoms with Crippen molar-refractivity contribution in [3.63, 3.8) is 0 Å². The van der Waals surface area contributed by atoms with E-state index in [0.717, 1.165) is 12.0 Å². The Morgan fingerprint density at radius 2 is 1.81 bits per heavy atom. The van der Waals surface area contributed by atoms with Crippen LogP contribution in [0.5, 0.6) is 5.75 Å². The fourth-order valence-electron chi connectivity index (χ4n) is 3.90. The van der Waals surface area contributed by atoms with E-state index in [1.165, 1.54) is 6.92 Å². The lowest BCUT2D eigenvalue weighted by atomic mass is 10.1. The largest absolute Gasteiger partial charge is 0.493 e. The maximum Gasteiger partial charge on any atom is 0.255 e. The maximum absolute atomic E-state index is 13.1. The van der Waals surface area contributed by atoms with Crippen LogP contribution in [-0.2, 0) is 20.8 Å². The quantitative estimate of drug-likeness (QED) is 0.362. The number of carbonyl (C=O) groups is 4. The summed E-state index contributed by atoms with van der Waals surface area (Å²) in [5.74, 6) is -1.98. The molecule has 198 valence electrons. The van der Waals surface area contributed by atoms with E-state index >= 15 is 0 Å². The van der Waals surface area contributed by atoms with Crippen LogP contribution in [0, 0.1) is 0 Å². The van der Waals surface area contributed by atoms with Crippen LogP contribution in [0.4, 0.5) is 0 Å². The molecule has 0 radical (unpaired) electrons. The first kappa shape index (κ1) is 27.7. The molecule has 0 spiro atoms. The molecule has 37 heavy (non-hydrogen) atoms. The zero-order valence-corrected chi connectivity index (χ0v) is 20.9. The Morgan fingerprint density at radius 1 is 1.08 bits per heavy atom. The topological polar surface area (TPSA) is 146 Å². The molecule has 3 rings (SSSR count).